The van der Waals surface area contributed by atoms with E-state index in [2.05, 4.69) is 34.6 Å². The number of hydrogen-bond acceptors (Lipinski definition) is 6. The van der Waals surface area contributed by atoms with Crippen LogP contribution in [0.2, 0.25) is 0 Å². The van der Waals surface area contributed by atoms with Crippen molar-refractivity contribution < 1.29 is 28.6 Å². The van der Waals surface area contributed by atoms with Gasteiger partial charge in [0.1, 0.15) is 13.2 Å². The molecule has 0 fully saturated rings. The Morgan fingerprint density at radius 1 is 0.302 bits per heavy atom. The summed E-state index contributed by atoms with van der Waals surface area (Å²) in [6, 6.07) is 0. The highest BCUT2D eigenvalue weighted by atomic mass is 16.6. The molecule has 6 heteroatoms. The molecule has 374 valence electrons. The van der Waals surface area contributed by atoms with E-state index in [1.807, 2.05) is 0 Å². The van der Waals surface area contributed by atoms with Gasteiger partial charge in [-0.25, -0.2) is 0 Å². The molecule has 0 rings (SSSR count). The van der Waals surface area contributed by atoms with E-state index < -0.39 is 6.10 Å². The molecule has 0 spiro atoms. The number of rotatable bonds is 51. The molecule has 6 nitrogen and oxygen atoms in total. The Morgan fingerprint density at radius 3 is 0.778 bits per heavy atom. The zero-order valence-corrected chi connectivity index (χ0v) is 43.2. The normalized spacial score (nSPS) is 12.0. The van der Waals surface area contributed by atoms with Crippen molar-refractivity contribution in [3.05, 3.63) is 0 Å². The van der Waals surface area contributed by atoms with Gasteiger partial charge in [-0.15, -0.1) is 0 Å². The van der Waals surface area contributed by atoms with Crippen LogP contribution in [-0.4, -0.2) is 37.2 Å². The fraction of sp³-hybridized carbons (Fsp3) is 0.947. The minimum Gasteiger partial charge on any atom is -0.462 e. The first kappa shape index (κ1) is 61.4. The standard InChI is InChI=1S/C57H110O6/c1-6-7-8-9-10-11-12-22-27-32-37-42-47-55(58)61-50-54(63-57(60)49-44-39-34-29-24-19-15-17-21-26-31-36-41-46-53(4)5)51-62-56(59)48-43-38-33-28-23-18-14-13-16-20-25-30-35-40-45-52(2)3/h52-54H,6-51H2,1-5H3/t54-/m1/s1. The van der Waals surface area contributed by atoms with Crippen molar-refractivity contribution in [3.8, 4) is 0 Å². The van der Waals surface area contributed by atoms with Crippen LogP contribution in [-0.2, 0) is 28.6 Å². The van der Waals surface area contributed by atoms with Crippen LogP contribution in [0.5, 0.6) is 0 Å². The van der Waals surface area contributed by atoms with Crippen LogP contribution in [0.4, 0.5) is 0 Å². The first-order valence-electron chi connectivity index (χ1n) is 28.2. The monoisotopic (exact) mass is 891 g/mol. The van der Waals surface area contributed by atoms with Crippen LogP contribution in [0, 0.1) is 11.8 Å². The summed E-state index contributed by atoms with van der Waals surface area (Å²) in [7, 11) is 0. The van der Waals surface area contributed by atoms with Crippen LogP contribution < -0.4 is 0 Å². The lowest BCUT2D eigenvalue weighted by Crippen LogP contribution is -2.30. The minimum absolute atomic E-state index is 0.0628. The van der Waals surface area contributed by atoms with Crippen molar-refractivity contribution >= 4 is 17.9 Å². The zero-order chi connectivity index (χ0) is 46.1. The van der Waals surface area contributed by atoms with E-state index in [9.17, 15) is 14.4 Å². The molecule has 0 saturated heterocycles. The summed E-state index contributed by atoms with van der Waals surface area (Å²) >= 11 is 0. The van der Waals surface area contributed by atoms with Crippen LogP contribution in [0.3, 0.4) is 0 Å². The first-order chi connectivity index (χ1) is 30.7. The average molecular weight is 892 g/mol. The van der Waals surface area contributed by atoms with E-state index in [4.69, 9.17) is 14.2 Å². The summed E-state index contributed by atoms with van der Waals surface area (Å²) in [6.45, 7) is 11.4. The lowest BCUT2D eigenvalue weighted by molar-refractivity contribution is -0.167. The van der Waals surface area contributed by atoms with Crippen molar-refractivity contribution in [1.82, 2.24) is 0 Å². The molecule has 0 aliphatic carbocycles. The summed E-state index contributed by atoms with van der Waals surface area (Å²) in [5.41, 5.74) is 0. The Balaban J connectivity index is 4.29. The third-order valence-electron chi connectivity index (χ3n) is 13.0. The van der Waals surface area contributed by atoms with Crippen molar-refractivity contribution in [2.75, 3.05) is 13.2 Å². The maximum Gasteiger partial charge on any atom is 0.306 e. The fourth-order valence-electron chi connectivity index (χ4n) is 8.70. The third kappa shape index (κ3) is 51.3. The van der Waals surface area contributed by atoms with E-state index >= 15 is 0 Å². The van der Waals surface area contributed by atoms with Gasteiger partial charge in [-0.05, 0) is 31.1 Å². The molecular weight excluding hydrogens is 781 g/mol. The Hall–Kier alpha value is -1.59. The fourth-order valence-corrected chi connectivity index (χ4v) is 8.70. The summed E-state index contributed by atoms with van der Waals surface area (Å²) in [4.78, 5) is 38.1. The summed E-state index contributed by atoms with van der Waals surface area (Å²) in [6.07, 6.45) is 52.3. The number of ether oxygens (including phenoxy) is 3. The molecule has 0 aromatic rings. The molecule has 0 N–H and O–H groups in total. The molecule has 0 aromatic carbocycles. The SMILES string of the molecule is CCCCCCCCCCCCCCC(=O)OC[C@H](COC(=O)CCCCCCCCCCCCCCCCC(C)C)OC(=O)CCCCCCCCCCCCCCCC(C)C. The second kappa shape index (κ2) is 49.8. The van der Waals surface area contributed by atoms with Crippen molar-refractivity contribution in [3.63, 3.8) is 0 Å². The first-order valence-corrected chi connectivity index (χ1v) is 28.2. The van der Waals surface area contributed by atoms with Crippen molar-refractivity contribution in [1.29, 1.82) is 0 Å². The molecule has 0 aliphatic heterocycles. The van der Waals surface area contributed by atoms with Crippen LogP contribution in [0.15, 0.2) is 0 Å². The lowest BCUT2D eigenvalue weighted by atomic mass is 10.0. The van der Waals surface area contributed by atoms with Gasteiger partial charge in [0, 0.05) is 19.3 Å². The highest BCUT2D eigenvalue weighted by Gasteiger charge is 2.19. The molecule has 0 heterocycles. The predicted octanol–water partition coefficient (Wildman–Crippen LogP) is 18.5. The number of carbonyl (C=O) groups is 3. The Bertz CT molecular complexity index is 962. The maximum absolute atomic E-state index is 12.8. The van der Waals surface area contributed by atoms with Gasteiger partial charge in [0.05, 0.1) is 0 Å². The van der Waals surface area contributed by atoms with Crippen molar-refractivity contribution in [2.45, 2.75) is 323 Å². The van der Waals surface area contributed by atoms with Gasteiger partial charge in [0.25, 0.3) is 0 Å². The molecule has 0 amide bonds. The van der Waals surface area contributed by atoms with Gasteiger partial charge in [0.2, 0.25) is 0 Å². The summed E-state index contributed by atoms with van der Waals surface area (Å²) in [5.74, 6) is 0.842. The van der Waals surface area contributed by atoms with Crippen molar-refractivity contribution in [2.24, 2.45) is 11.8 Å². The van der Waals surface area contributed by atoms with Gasteiger partial charge < -0.3 is 14.2 Å². The van der Waals surface area contributed by atoms with E-state index in [-0.39, 0.29) is 31.1 Å². The van der Waals surface area contributed by atoms with E-state index in [1.165, 1.54) is 205 Å². The zero-order valence-electron chi connectivity index (χ0n) is 43.2. The summed E-state index contributed by atoms with van der Waals surface area (Å²) < 4.78 is 16.9. The highest BCUT2D eigenvalue weighted by molar-refractivity contribution is 5.71. The molecule has 0 aromatic heterocycles. The Morgan fingerprint density at radius 2 is 0.524 bits per heavy atom. The molecule has 0 bridgehead atoms. The largest absolute Gasteiger partial charge is 0.462 e. The van der Waals surface area contributed by atoms with Gasteiger partial charge in [0.15, 0.2) is 6.10 Å². The molecule has 0 unspecified atom stereocenters. The van der Waals surface area contributed by atoms with Gasteiger partial charge in [-0.1, -0.05) is 279 Å². The quantitative estimate of drug-likeness (QED) is 0.0344. The van der Waals surface area contributed by atoms with Gasteiger partial charge in [-0.2, -0.15) is 0 Å². The van der Waals surface area contributed by atoms with Crippen LogP contribution >= 0.6 is 0 Å². The second-order valence-corrected chi connectivity index (χ2v) is 20.5. The molecule has 63 heavy (non-hydrogen) atoms. The molecule has 0 aliphatic rings. The number of hydrogen-bond donors (Lipinski definition) is 0. The second-order valence-electron chi connectivity index (χ2n) is 20.5. The number of esters is 3. The minimum atomic E-state index is -0.762. The number of carbonyl (C=O) groups excluding carboxylic acids is 3. The van der Waals surface area contributed by atoms with E-state index in [0.29, 0.717) is 19.3 Å². The molecular formula is C57H110O6. The number of unbranched alkanes of at least 4 members (excludes halogenated alkanes) is 36. The van der Waals surface area contributed by atoms with Crippen LogP contribution in [0.25, 0.3) is 0 Å². The Kier molecular flexibility index (Phi) is 48.6. The highest BCUT2D eigenvalue weighted by Crippen LogP contribution is 2.18. The van der Waals surface area contributed by atoms with Gasteiger partial charge in [-0.3, -0.25) is 14.4 Å². The third-order valence-corrected chi connectivity index (χ3v) is 13.0. The molecule has 0 saturated carbocycles. The topological polar surface area (TPSA) is 78.9 Å². The van der Waals surface area contributed by atoms with Crippen LogP contribution in [0.1, 0.15) is 317 Å². The average Bonchev–Trinajstić information content (AvgIpc) is 3.25. The molecule has 1 atom stereocenters. The maximum atomic E-state index is 12.8. The lowest BCUT2D eigenvalue weighted by Gasteiger charge is -2.18. The smallest absolute Gasteiger partial charge is 0.306 e. The van der Waals surface area contributed by atoms with E-state index in [1.54, 1.807) is 0 Å². The summed E-state index contributed by atoms with van der Waals surface area (Å²) in [5, 5.41) is 0. The van der Waals surface area contributed by atoms with E-state index in [0.717, 1.165) is 69.6 Å². The Labute approximate surface area is 393 Å². The predicted molar refractivity (Wildman–Crippen MR) is 270 cm³/mol. The van der Waals surface area contributed by atoms with Gasteiger partial charge >= 0.3 is 17.9 Å². The molecule has 0 radical (unpaired) electrons.